The molecule has 1 saturated carbocycles. The summed E-state index contributed by atoms with van der Waals surface area (Å²) in [5.74, 6) is 0.609. The van der Waals surface area contributed by atoms with Crippen LogP contribution in [0, 0.1) is 11.8 Å². The van der Waals surface area contributed by atoms with E-state index in [1.54, 1.807) is 6.92 Å². The van der Waals surface area contributed by atoms with Gasteiger partial charge in [0, 0.05) is 18.8 Å². The van der Waals surface area contributed by atoms with E-state index in [2.05, 4.69) is 6.92 Å². The van der Waals surface area contributed by atoms with Gasteiger partial charge in [0.05, 0.1) is 11.7 Å². The van der Waals surface area contributed by atoms with Crippen LogP contribution < -0.4 is 0 Å². The predicted octanol–water partition coefficient (Wildman–Crippen LogP) is 2.48. The molecule has 110 valence electrons. The molecule has 1 aliphatic rings. The first-order valence-electron chi connectivity index (χ1n) is 6.98. The van der Waals surface area contributed by atoms with E-state index in [1.165, 1.54) is 24.6 Å². The average Bonchev–Trinajstić information content (AvgIpc) is 2.38. The minimum absolute atomic E-state index is 0.127. The minimum Gasteiger partial charge on any atom is -0.481 e. The van der Waals surface area contributed by atoms with Crippen molar-refractivity contribution < 1.29 is 14.7 Å². The third kappa shape index (κ3) is 5.43. The van der Waals surface area contributed by atoms with E-state index < -0.39 is 11.9 Å². The van der Waals surface area contributed by atoms with Gasteiger partial charge in [0.1, 0.15) is 0 Å². The Labute approximate surface area is 119 Å². The summed E-state index contributed by atoms with van der Waals surface area (Å²) in [4.78, 5) is 24.6. The zero-order valence-electron chi connectivity index (χ0n) is 12.1. The largest absolute Gasteiger partial charge is 0.481 e. The second-order valence-electron chi connectivity index (χ2n) is 5.67. The number of nitrogens with zero attached hydrogens (tertiary/aromatic N) is 1. The third-order valence-corrected chi connectivity index (χ3v) is 5.13. The van der Waals surface area contributed by atoms with Crippen molar-refractivity contribution in [3.05, 3.63) is 0 Å². The van der Waals surface area contributed by atoms with Crippen molar-refractivity contribution >= 4 is 23.6 Å². The van der Waals surface area contributed by atoms with E-state index in [0.29, 0.717) is 17.5 Å². The molecular weight excluding hydrogens is 262 g/mol. The van der Waals surface area contributed by atoms with E-state index in [4.69, 9.17) is 5.11 Å². The van der Waals surface area contributed by atoms with Crippen molar-refractivity contribution in [3.63, 3.8) is 0 Å². The molecule has 1 unspecified atom stereocenters. The predicted molar refractivity (Wildman–Crippen MR) is 78.3 cm³/mol. The van der Waals surface area contributed by atoms with E-state index in [0.717, 1.165) is 18.8 Å². The van der Waals surface area contributed by atoms with Gasteiger partial charge in [-0.1, -0.05) is 13.8 Å². The summed E-state index contributed by atoms with van der Waals surface area (Å²) in [7, 11) is 1.88. The van der Waals surface area contributed by atoms with Crippen molar-refractivity contribution in [2.75, 3.05) is 18.6 Å². The van der Waals surface area contributed by atoms with Crippen LogP contribution in [-0.4, -0.2) is 46.5 Å². The second kappa shape index (κ2) is 7.78. The Morgan fingerprint density at radius 1 is 1.32 bits per heavy atom. The molecule has 0 heterocycles. The Morgan fingerprint density at radius 3 is 2.42 bits per heavy atom. The summed E-state index contributed by atoms with van der Waals surface area (Å²) in [5, 5.41) is 8.78. The first-order valence-corrected chi connectivity index (χ1v) is 8.13. The first-order chi connectivity index (χ1) is 8.91. The van der Waals surface area contributed by atoms with E-state index in [1.807, 2.05) is 11.9 Å². The van der Waals surface area contributed by atoms with E-state index >= 15 is 0 Å². The smallest absolute Gasteiger partial charge is 0.307 e. The molecule has 19 heavy (non-hydrogen) atoms. The van der Waals surface area contributed by atoms with Crippen LogP contribution in [0.25, 0.3) is 0 Å². The first kappa shape index (κ1) is 16.3. The van der Waals surface area contributed by atoms with Crippen molar-refractivity contribution in [1.82, 2.24) is 4.90 Å². The summed E-state index contributed by atoms with van der Waals surface area (Å²) >= 11 is 1.42. The molecule has 1 fully saturated rings. The number of thioether (sulfide) groups is 1. The van der Waals surface area contributed by atoms with Gasteiger partial charge in [-0.25, -0.2) is 0 Å². The van der Waals surface area contributed by atoms with E-state index in [-0.39, 0.29) is 5.91 Å². The van der Waals surface area contributed by atoms with Crippen molar-refractivity contribution in [2.45, 2.75) is 45.6 Å². The summed E-state index contributed by atoms with van der Waals surface area (Å²) in [6.07, 6.45) is 4.59. The molecule has 5 heteroatoms. The van der Waals surface area contributed by atoms with Gasteiger partial charge >= 0.3 is 5.97 Å². The van der Waals surface area contributed by atoms with Crippen LogP contribution in [0.3, 0.4) is 0 Å². The second-order valence-corrected chi connectivity index (χ2v) is 6.70. The Morgan fingerprint density at radius 2 is 1.89 bits per heavy atom. The fraction of sp³-hybridized carbons (Fsp3) is 0.857. The van der Waals surface area contributed by atoms with Gasteiger partial charge in [-0.05, 0) is 31.6 Å². The maximum absolute atomic E-state index is 12.0. The number of carboxylic acid groups (broad SMARTS) is 1. The van der Waals surface area contributed by atoms with Gasteiger partial charge in [-0.2, -0.15) is 11.8 Å². The lowest BCUT2D eigenvalue weighted by Crippen LogP contribution is -2.40. The number of carboxylic acids is 1. The summed E-state index contributed by atoms with van der Waals surface area (Å²) in [6.45, 7) is 3.94. The molecular formula is C14H25NO3S. The molecule has 0 aromatic rings. The highest BCUT2D eigenvalue weighted by Crippen LogP contribution is 2.26. The topological polar surface area (TPSA) is 57.6 Å². The molecule has 1 amide bonds. The van der Waals surface area contributed by atoms with Gasteiger partial charge in [0.2, 0.25) is 5.91 Å². The van der Waals surface area contributed by atoms with Crippen LogP contribution in [0.15, 0.2) is 0 Å². The highest BCUT2D eigenvalue weighted by atomic mass is 32.2. The monoisotopic (exact) mass is 287 g/mol. The molecule has 0 bridgehead atoms. The average molecular weight is 287 g/mol. The Bertz CT molecular complexity index is 314. The summed E-state index contributed by atoms with van der Waals surface area (Å²) in [5.41, 5.74) is 0. The molecule has 1 aliphatic carbocycles. The fourth-order valence-corrected chi connectivity index (χ4v) is 3.32. The van der Waals surface area contributed by atoms with Crippen LogP contribution in [-0.2, 0) is 9.59 Å². The maximum atomic E-state index is 12.0. The van der Waals surface area contributed by atoms with Gasteiger partial charge in [0.15, 0.2) is 0 Å². The van der Waals surface area contributed by atoms with Crippen molar-refractivity contribution in [1.29, 1.82) is 0 Å². The zero-order valence-corrected chi connectivity index (χ0v) is 12.9. The van der Waals surface area contributed by atoms with Crippen molar-refractivity contribution in [3.8, 4) is 0 Å². The van der Waals surface area contributed by atoms with Gasteiger partial charge in [-0.15, -0.1) is 0 Å². The molecule has 0 spiro atoms. The van der Waals surface area contributed by atoms with Gasteiger partial charge in [0.25, 0.3) is 0 Å². The highest BCUT2D eigenvalue weighted by molar-refractivity contribution is 7.99. The number of hydrogen-bond acceptors (Lipinski definition) is 3. The normalized spacial score (nSPS) is 24.8. The lowest BCUT2D eigenvalue weighted by Gasteiger charge is -2.33. The van der Waals surface area contributed by atoms with Crippen LogP contribution >= 0.6 is 11.8 Å². The molecule has 0 saturated heterocycles. The Kier molecular flexibility index (Phi) is 6.69. The number of carbonyl (C=O) groups excluding carboxylic acids is 1. The molecule has 0 aliphatic heterocycles. The number of carbonyl (C=O) groups is 2. The molecule has 0 radical (unpaired) electrons. The molecule has 4 nitrogen and oxygen atoms in total. The molecule has 1 atom stereocenters. The number of rotatable bonds is 6. The van der Waals surface area contributed by atoms with Crippen LogP contribution in [0.5, 0.6) is 0 Å². The number of amides is 1. The molecule has 0 aromatic carbocycles. The van der Waals surface area contributed by atoms with Gasteiger partial charge < -0.3 is 10.0 Å². The van der Waals surface area contributed by atoms with Crippen molar-refractivity contribution in [2.24, 2.45) is 11.8 Å². The summed E-state index contributed by atoms with van der Waals surface area (Å²) in [6, 6.07) is 0.376. The lowest BCUT2D eigenvalue weighted by molar-refractivity contribution is -0.140. The summed E-state index contributed by atoms with van der Waals surface area (Å²) < 4.78 is 0. The quantitative estimate of drug-likeness (QED) is 0.815. The SMILES string of the molecule is CC1CCC(N(C)C(=O)CSCC(C)C(=O)O)CC1. The van der Waals surface area contributed by atoms with Crippen LogP contribution in [0.1, 0.15) is 39.5 Å². The zero-order chi connectivity index (χ0) is 14.4. The molecule has 1 N–H and O–H groups in total. The standard InChI is InChI=1S/C14H25NO3S/c1-10-4-6-12(7-5-10)15(3)13(16)9-19-8-11(2)14(17)18/h10-12H,4-9H2,1-3H3,(H,17,18). The molecule has 0 aromatic heterocycles. The van der Waals surface area contributed by atoms with Crippen LogP contribution in [0.4, 0.5) is 0 Å². The third-order valence-electron chi connectivity index (χ3n) is 3.94. The Balaban J connectivity index is 2.27. The number of hydrogen-bond donors (Lipinski definition) is 1. The lowest BCUT2D eigenvalue weighted by atomic mass is 9.87. The maximum Gasteiger partial charge on any atom is 0.307 e. The van der Waals surface area contributed by atoms with Gasteiger partial charge in [-0.3, -0.25) is 9.59 Å². The van der Waals surface area contributed by atoms with Crippen LogP contribution in [0.2, 0.25) is 0 Å². The fourth-order valence-electron chi connectivity index (χ4n) is 2.33. The van der Waals surface area contributed by atoms with E-state index in [9.17, 15) is 9.59 Å². The molecule has 1 rings (SSSR count). The highest BCUT2D eigenvalue weighted by Gasteiger charge is 2.24. The minimum atomic E-state index is -0.797. The Hall–Kier alpha value is -0.710. The number of aliphatic carboxylic acids is 1.